The second-order valence-corrected chi connectivity index (χ2v) is 2.50. The summed E-state index contributed by atoms with van der Waals surface area (Å²) in [6, 6.07) is 9.01. The van der Waals surface area contributed by atoms with Crippen LogP contribution in [0.1, 0.15) is 25.1 Å². The van der Waals surface area contributed by atoms with Gasteiger partial charge in [0.05, 0.1) is 12.2 Å². The topological polar surface area (TPSA) is 26.3 Å². The Labute approximate surface area is 123 Å². The molecule has 1 aromatic rings. The fourth-order valence-electron chi connectivity index (χ4n) is 0.852. The molecule has 0 atom stereocenters. The van der Waals surface area contributed by atoms with Gasteiger partial charge in [0.25, 0.3) is 0 Å². The zero-order chi connectivity index (χ0) is 8.81. The molecule has 0 aliphatic heterocycles. The zero-order valence-electron chi connectivity index (χ0n) is 9.12. The van der Waals surface area contributed by atoms with Crippen LogP contribution in [-0.2, 0) is 4.74 Å². The van der Waals surface area contributed by atoms with Gasteiger partial charge in [0, 0.05) is 0 Å². The van der Waals surface area contributed by atoms with Crippen molar-refractivity contribution in [3.05, 3.63) is 35.9 Å². The largest absolute Gasteiger partial charge is 1.00 e. The minimum Gasteiger partial charge on any atom is -1.00 e. The number of rotatable bonds is 3. The fourth-order valence-corrected chi connectivity index (χ4v) is 0.852. The third-order valence-electron chi connectivity index (χ3n) is 1.45. The molecule has 0 fully saturated rings. The number of carbonyl (C=O) groups excluding carboxylic acids is 1. The molecule has 0 saturated heterocycles. The number of benzene rings is 1. The molecule has 0 bridgehead atoms. The summed E-state index contributed by atoms with van der Waals surface area (Å²) in [5, 5.41) is 0. The van der Waals surface area contributed by atoms with Gasteiger partial charge in [-0.25, -0.2) is 4.79 Å². The summed E-state index contributed by atoms with van der Waals surface area (Å²) in [5.74, 6) is -0.238. The van der Waals surface area contributed by atoms with Crippen LogP contribution in [0.4, 0.5) is 0 Å². The maximum atomic E-state index is 11.2. The molecule has 0 saturated carbocycles. The molecule has 0 aliphatic carbocycles. The van der Waals surface area contributed by atoms with Crippen molar-refractivity contribution in [2.24, 2.45) is 0 Å². The van der Waals surface area contributed by atoms with E-state index in [1.165, 1.54) is 0 Å². The molecule has 0 amide bonds. The second-order valence-electron chi connectivity index (χ2n) is 2.50. The molecule has 0 heterocycles. The molecule has 0 unspecified atom stereocenters. The smallest absolute Gasteiger partial charge is 1.00 e. The van der Waals surface area contributed by atoms with Gasteiger partial charge in [-0.1, -0.05) is 25.1 Å². The predicted octanol–water partition coefficient (Wildman–Crippen LogP) is -0.630. The minimum atomic E-state index is -0.238. The summed E-state index contributed by atoms with van der Waals surface area (Å²) >= 11 is 0. The van der Waals surface area contributed by atoms with E-state index in [0.29, 0.717) is 12.2 Å². The van der Waals surface area contributed by atoms with Crippen LogP contribution in [0.15, 0.2) is 30.3 Å². The van der Waals surface area contributed by atoms with E-state index in [1.807, 2.05) is 25.1 Å². The van der Waals surface area contributed by atoms with E-state index in [1.54, 1.807) is 12.1 Å². The van der Waals surface area contributed by atoms with Gasteiger partial charge < -0.3 is 6.16 Å². The number of carbonyl (C=O) groups is 1. The fraction of sp³-hybridized carbons (Fsp3) is 0.300. The summed E-state index contributed by atoms with van der Waals surface area (Å²) in [6.45, 7) is 2.46. The van der Waals surface area contributed by atoms with E-state index in [-0.39, 0.29) is 58.8 Å². The van der Waals surface area contributed by atoms with Gasteiger partial charge in [0.2, 0.25) is 0 Å². The Morgan fingerprint density at radius 1 is 1.38 bits per heavy atom. The van der Waals surface area contributed by atoms with Gasteiger partial charge in [-0.2, -0.15) is 0 Å². The maximum Gasteiger partial charge on any atom is 1.00 e. The van der Waals surface area contributed by atoms with Gasteiger partial charge in [-0.15, -0.1) is 0 Å². The Hall–Kier alpha value is 0.326. The van der Waals surface area contributed by atoms with Crippen LogP contribution >= 0.6 is 0 Å². The van der Waals surface area contributed by atoms with Crippen molar-refractivity contribution in [3.8, 4) is 0 Å². The predicted molar refractivity (Wildman–Crippen MR) is 48.1 cm³/mol. The molecule has 1 aromatic carbocycles. The SMILES string of the molecule is CCCOC(=O)c1ccccc1.[H-].[K+]. The quantitative estimate of drug-likeness (QED) is 0.484. The summed E-state index contributed by atoms with van der Waals surface area (Å²) in [7, 11) is 0. The second kappa shape index (κ2) is 7.70. The number of ether oxygens (including phenoxy) is 1. The molecule has 0 N–H and O–H groups in total. The van der Waals surface area contributed by atoms with E-state index in [4.69, 9.17) is 4.74 Å². The Bertz CT molecular complexity index is 252. The van der Waals surface area contributed by atoms with Crippen molar-refractivity contribution in [2.45, 2.75) is 13.3 Å². The monoisotopic (exact) mass is 204 g/mol. The molecule has 3 heteroatoms. The molecule has 66 valence electrons. The average molecular weight is 204 g/mol. The van der Waals surface area contributed by atoms with Crippen molar-refractivity contribution in [1.29, 1.82) is 0 Å². The summed E-state index contributed by atoms with van der Waals surface area (Å²) in [6.07, 6.45) is 0.860. The first kappa shape index (κ1) is 13.3. The van der Waals surface area contributed by atoms with Crippen molar-refractivity contribution >= 4 is 5.97 Å². The summed E-state index contributed by atoms with van der Waals surface area (Å²) < 4.78 is 4.94. The third-order valence-corrected chi connectivity index (χ3v) is 1.45. The standard InChI is InChI=1S/C10H12O2.K.H/c1-2-8-12-10(11)9-6-4-3-5-7-9;;/h3-7H,2,8H2,1H3;;/q;+1;-1. The Balaban J connectivity index is 0. The molecule has 13 heavy (non-hydrogen) atoms. The number of hydrogen-bond acceptors (Lipinski definition) is 2. The van der Waals surface area contributed by atoms with Crippen LogP contribution < -0.4 is 51.4 Å². The van der Waals surface area contributed by atoms with Gasteiger partial charge in [0.15, 0.2) is 0 Å². The minimum absolute atomic E-state index is 0. The molecule has 0 aromatic heterocycles. The number of esters is 1. The van der Waals surface area contributed by atoms with Gasteiger partial charge in [-0.05, 0) is 18.6 Å². The van der Waals surface area contributed by atoms with Crippen LogP contribution in [0.25, 0.3) is 0 Å². The van der Waals surface area contributed by atoms with E-state index in [0.717, 1.165) is 6.42 Å². The number of hydrogen-bond donors (Lipinski definition) is 0. The first-order valence-electron chi connectivity index (χ1n) is 4.06. The van der Waals surface area contributed by atoms with Gasteiger partial charge >= 0.3 is 57.4 Å². The first-order valence-corrected chi connectivity index (χ1v) is 4.06. The molecule has 0 radical (unpaired) electrons. The molecule has 0 aliphatic rings. The van der Waals surface area contributed by atoms with Gasteiger partial charge in [0.1, 0.15) is 0 Å². The van der Waals surface area contributed by atoms with Crippen molar-refractivity contribution < 1.29 is 62.3 Å². The maximum absolute atomic E-state index is 11.2. The van der Waals surface area contributed by atoms with Crippen LogP contribution in [-0.4, -0.2) is 12.6 Å². The zero-order valence-corrected chi connectivity index (χ0v) is 11.2. The van der Waals surface area contributed by atoms with Crippen LogP contribution in [0, 0.1) is 0 Å². The third kappa shape index (κ3) is 4.93. The molecular weight excluding hydrogens is 191 g/mol. The van der Waals surface area contributed by atoms with Crippen LogP contribution in [0.2, 0.25) is 0 Å². The van der Waals surface area contributed by atoms with Crippen LogP contribution in [0.3, 0.4) is 0 Å². The van der Waals surface area contributed by atoms with E-state index in [9.17, 15) is 4.79 Å². The molecule has 1 rings (SSSR count). The molecular formula is C10H13KO2. The van der Waals surface area contributed by atoms with E-state index < -0.39 is 0 Å². The Kier molecular flexibility index (Phi) is 7.90. The van der Waals surface area contributed by atoms with Crippen LogP contribution in [0.5, 0.6) is 0 Å². The van der Waals surface area contributed by atoms with Crippen molar-refractivity contribution in [1.82, 2.24) is 0 Å². The summed E-state index contributed by atoms with van der Waals surface area (Å²) in [5.41, 5.74) is 0.617. The normalized spacial score (nSPS) is 8.69. The van der Waals surface area contributed by atoms with Gasteiger partial charge in [-0.3, -0.25) is 0 Å². The van der Waals surface area contributed by atoms with Crippen molar-refractivity contribution in [3.63, 3.8) is 0 Å². The van der Waals surface area contributed by atoms with E-state index >= 15 is 0 Å². The average Bonchev–Trinajstić information content (AvgIpc) is 2.15. The molecule has 2 nitrogen and oxygen atoms in total. The Morgan fingerprint density at radius 2 is 2.00 bits per heavy atom. The van der Waals surface area contributed by atoms with E-state index in [2.05, 4.69) is 0 Å². The first-order chi connectivity index (χ1) is 5.84. The Morgan fingerprint density at radius 3 is 2.54 bits per heavy atom. The molecule has 0 spiro atoms. The van der Waals surface area contributed by atoms with Crippen molar-refractivity contribution in [2.75, 3.05) is 6.61 Å². The summed E-state index contributed by atoms with van der Waals surface area (Å²) in [4.78, 5) is 11.2.